The normalized spacial score (nSPS) is 20.2. The van der Waals surface area contributed by atoms with E-state index in [1.807, 2.05) is 4.90 Å². The molecule has 1 aliphatic rings. The molecule has 1 heterocycles. The van der Waals surface area contributed by atoms with Crippen molar-refractivity contribution in [2.75, 3.05) is 19.6 Å². The van der Waals surface area contributed by atoms with E-state index in [0.717, 1.165) is 5.92 Å². The summed E-state index contributed by atoms with van der Waals surface area (Å²) in [7, 11) is 0. The maximum Gasteiger partial charge on any atom is 0.0801 e. The van der Waals surface area contributed by atoms with Gasteiger partial charge in [-0.3, -0.25) is 0 Å². The molecule has 2 unspecified atom stereocenters. The molecule has 1 rings (SSSR count). The average molecular weight is 360 g/mol. The second-order valence-corrected chi connectivity index (χ2v) is 8.14. The van der Waals surface area contributed by atoms with Crippen LogP contribution in [0.3, 0.4) is 0 Å². The zero-order valence-electron chi connectivity index (χ0n) is 16.9. The van der Waals surface area contributed by atoms with Crippen LogP contribution in [0.15, 0.2) is 0 Å². The maximum atomic E-state index is 2.31. The van der Waals surface area contributed by atoms with E-state index in [0.29, 0.717) is 0 Å². The summed E-state index contributed by atoms with van der Waals surface area (Å²) in [5, 5.41) is 0. The molecule has 0 radical (unpaired) electrons. The topological polar surface area (TPSA) is 4.44 Å². The van der Waals surface area contributed by atoms with Crippen LogP contribution in [-0.2, 0) is 0 Å². The molecule has 0 aromatic rings. The summed E-state index contributed by atoms with van der Waals surface area (Å²) in [6, 6.07) is 0. The Hall–Kier alpha value is 0.250. The number of hydrogen-bond acceptors (Lipinski definition) is 0. The third kappa shape index (κ3) is 13.5. The smallest absolute Gasteiger partial charge is 0.0801 e. The average Bonchev–Trinajstić information content (AvgIpc) is 3.01. The fourth-order valence-electron chi connectivity index (χ4n) is 4.22. The van der Waals surface area contributed by atoms with Crippen molar-refractivity contribution in [3.8, 4) is 0 Å². The molecule has 146 valence electrons. The first kappa shape index (κ1) is 24.2. The van der Waals surface area contributed by atoms with Crippen LogP contribution in [0, 0.1) is 5.92 Å². The number of halogens is 1. The maximum absolute atomic E-state index is 2.31. The van der Waals surface area contributed by atoms with Crippen molar-refractivity contribution in [3.63, 3.8) is 0 Å². The lowest BCUT2D eigenvalue weighted by molar-refractivity contribution is -0.889. The van der Waals surface area contributed by atoms with Crippen LogP contribution >= 0.6 is 0 Å². The quantitative estimate of drug-likeness (QED) is 0.404. The van der Waals surface area contributed by atoms with Crippen molar-refractivity contribution >= 4 is 0 Å². The lowest BCUT2D eigenvalue weighted by Gasteiger charge is -2.13. The Morgan fingerprint density at radius 2 is 1.17 bits per heavy atom. The Balaban J connectivity index is 0.00000529. The first-order chi connectivity index (χ1) is 11.4. The third-order valence-corrected chi connectivity index (χ3v) is 5.83. The molecule has 1 saturated heterocycles. The fourth-order valence-corrected chi connectivity index (χ4v) is 4.22. The molecular weight excluding hydrogens is 314 g/mol. The lowest BCUT2D eigenvalue weighted by atomic mass is 9.99. The predicted octanol–water partition coefficient (Wildman–Crippen LogP) is 2.79. The number of hydrogen-bond donors (Lipinski definition) is 1. The van der Waals surface area contributed by atoms with E-state index >= 15 is 0 Å². The molecule has 1 fully saturated rings. The summed E-state index contributed by atoms with van der Waals surface area (Å²) < 4.78 is 0. The third-order valence-electron chi connectivity index (χ3n) is 5.83. The monoisotopic (exact) mass is 359 g/mol. The Labute approximate surface area is 159 Å². The Morgan fingerprint density at radius 3 is 1.75 bits per heavy atom. The SMILES string of the molecule is CCCCCCCCCC1CC[NH+](CCCCCCCCC)C1.[Cl-]. The highest BCUT2D eigenvalue weighted by molar-refractivity contribution is 4.63. The van der Waals surface area contributed by atoms with Crippen LogP contribution in [0.4, 0.5) is 0 Å². The van der Waals surface area contributed by atoms with E-state index < -0.39 is 0 Å². The van der Waals surface area contributed by atoms with Crippen LogP contribution in [0.1, 0.15) is 117 Å². The highest BCUT2D eigenvalue weighted by Gasteiger charge is 2.24. The zero-order chi connectivity index (χ0) is 16.6. The van der Waals surface area contributed by atoms with Gasteiger partial charge in [0.1, 0.15) is 0 Å². The summed E-state index contributed by atoms with van der Waals surface area (Å²) in [6.07, 6.45) is 23.5. The minimum absolute atomic E-state index is 0. The summed E-state index contributed by atoms with van der Waals surface area (Å²) in [4.78, 5) is 1.92. The van der Waals surface area contributed by atoms with Gasteiger partial charge in [0.05, 0.1) is 19.6 Å². The largest absolute Gasteiger partial charge is 1.00 e. The lowest BCUT2D eigenvalue weighted by Crippen LogP contribution is -3.10. The number of quaternary nitrogens is 1. The van der Waals surface area contributed by atoms with Gasteiger partial charge in [-0.1, -0.05) is 90.9 Å². The second kappa shape index (κ2) is 18.1. The van der Waals surface area contributed by atoms with Gasteiger partial charge < -0.3 is 17.3 Å². The molecule has 1 aliphatic heterocycles. The molecule has 0 aromatic carbocycles. The van der Waals surface area contributed by atoms with Gasteiger partial charge in [0, 0.05) is 12.3 Å². The standard InChI is InChI=1S/C22H45N.ClH/c1-3-5-7-9-11-13-15-17-22-18-20-23(21-22)19-16-14-12-10-8-6-4-2;/h22H,3-21H2,1-2H3;1H. The zero-order valence-corrected chi connectivity index (χ0v) is 17.6. The summed E-state index contributed by atoms with van der Waals surface area (Å²) in [5.74, 6) is 1.06. The van der Waals surface area contributed by atoms with Crippen LogP contribution in [0.5, 0.6) is 0 Å². The summed E-state index contributed by atoms with van der Waals surface area (Å²) in [5.41, 5.74) is 0. The molecule has 24 heavy (non-hydrogen) atoms. The highest BCUT2D eigenvalue weighted by Crippen LogP contribution is 2.16. The van der Waals surface area contributed by atoms with Crippen LogP contribution < -0.4 is 17.3 Å². The molecule has 1 nitrogen and oxygen atoms in total. The molecule has 0 aliphatic carbocycles. The van der Waals surface area contributed by atoms with Gasteiger partial charge in [-0.25, -0.2) is 0 Å². The first-order valence-electron chi connectivity index (χ1n) is 11.2. The summed E-state index contributed by atoms with van der Waals surface area (Å²) in [6.45, 7) is 9.03. The molecule has 2 heteroatoms. The molecule has 0 spiro atoms. The Kier molecular flexibility index (Phi) is 18.2. The number of unbranched alkanes of at least 4 members (excludes halogenated alkanes) is 12. The van der Waals surface area contributed by atoms with E-state index in [4.69, 9.17) is 0 Å². The van der Waals surface area contributed by atoms with Gasteiger partial charge in [-0.05, 0) is 19.3 Å². The van der Waals surface area contributed by atoms with E-state index in [1.165, 1.54) is 122 Å². The van der Waals surface area contributed by atoms with Crippen LogP contribution in [0.2, 0.25) is 0 Å². The predicted molar refractivity (Wildman–Crippen MR) is 104 cm³/mol. The van der Waals surface area contributed by atoms with Gasteiger partial charge in [-0.2, -0.15) is 0 Å². The second-order valence-electron chi connectivity index (χ2n) is 8.14. The summed E-state index contributed by atoms with van der Waals surface area (Å²) >= 11 is 0. The van der Waals surface area contributed by atoms with Gasteiger partial charge >= 0.3 is 0 Å². The number of likely N-dealkylation sites (tertiary alicyclic amines) is 1. The van der Waals surface area contributed by atoms with Gasteiger partial charge in [0.2, 0.25) is 0 Å². The molecule has 0 bridgehead atoms. The highest BCUT2D eigenvalue weighted by atomic mass is 35.5. The minimum atomic E-state index is 0. The van der Waals surface area contributed by atoms with Crippen molar-refractivity contribution in [1.29, 1.82) is 0 Å². The Bertz CT molecular complexity index is 220. The van der Waals surface area contributed by atoms with Crippen molar-refractivity contribution < 1.29 is 17.3 Å². The fraction of sp³-hybridized carbons (Fsp3) is 1.00. The number of rotatable bonds is 16. The molecule has 1 N–H and O–H groups in total. The molecule has 0 aromatic heterocycles. The van der Waals surface area contributed by atoms with E-state index in [1.54, 1.807) is 0 Å². The molecule has 2 atom stereocenters. The molecule has 0 saturated carbocycles. The van der Waals surface area contributed by atoms with Gasteiger partial charge in [-0.15, -0.1) is 0 Å². The number of nitrogens with one attached hydrogen (secondary N) is 1. The van der Waals surface area contributed by atoms with E-state index in [2.05, 4.69) is 13.8 Å². The van der Waals surface area contributed by atoms with Gasteiger partial charge in [0.25, 0.3) is 0 Å². The van der Waals surface area contributed by atoms with Crippen LogP contribution in [-0.4, -0.2) is 19.6 Å². The van der Waals surface area contributed by atoms with Crippen LogP contribution in [0.25, 0.3) is 0 Å². The minimum Gasteiger partial charge on any atom is -1.00 e. The van der Waals surface area contributed by atoms with Crippen molar-refractivity contribution in [2.24, 2.45) is 5.92 Å². The van der Waals surface area contributed by atoms with Crippen molar-refractivity contribution in [1.82, 2.24) is 0 Å². The van der Waals surface area contributed by atoms with Crippen molar-refractivity contribution in [2.45, 2.75) is 117 Å². The Morgan fingerprint density at radius 1 is 0.667 bits per heavy atom. The van der Waals surface area contributed by atoms with E-state index in [-0.39, 0.29) is 12.4 Å². The molecule has 0 amide bonds. The van der Waals surface area contributed by atoms with Gasteiger partial charge in [0.15, 0.2) is 0 Å². The van der Waals surface area contributed by atoms with Crippen molar-refractivity contribution in [3.05, 3.63) is 0 Å². The first-order valence-corrected chi connectivity index (χ1v) is 11.2. The molecular formula is C22H46ClN. The van der Waals surface area contributed by atoms with E-state index in [9.17, 15) is 0 Å².